The van der Waals surface area contributed by atoms with Crippen LogP contribution in [0.2, 0.25) is 0 Å². The van der Waals surface area contributed by atoms with Crippen molar-refractivity contribution >= 4 is 39.2 Å². The summed E-state index contributed by atoms with van der Waals surface area (Å²) in [7, 11) is -0.942. The van der Waals surface area contributed by atoms with Crippen molar-refractivity contribution in [3.05, 3.63) is 47.1 Å². The number of likely N-dealkylation sites (N-methyl/N-ethyl adjacent to an activating group) is 1. The third kappa shape index (κ3) is 8.41. The summed E-state index contributed by atoms with van der Waals surface area (Å²) in [6.07, 6.45) is 2.20. The van der Waals surface area contributed by atoms with Crippen LogP contribution in [0.1, 0.15) is 48.4 Å². The number of anilines is 3. The normalized spacial score (nSPS) is 14.3. The molecule has 0 aliphatic carbocycles. The summed E-state index contributed by atoms with van der Waals surface area (Å²) in [5, 5.41) is 9.94. The van der Waals surface area contributed by atoms with Crippen molar-refractivity contribution in [2.45, 2.75) is 45.2 Å². The van der Waals surface area contributed by atoms with Gasteiger partial charge in [-0.15, -0.1) is 0 Å². The molecule has 0 spiro atoms. The van der Waals surface area contributed by atoms with Crippen LogP contribution in [0.4, 0.5) is 17.3 Å². The fourth-order valence-corrected chi connectivity index (χ4v) is 4.82. The average Bonchev–Trinajstić information content (AvgIpc) is 2.98. The Balaban J connectivity index is 1.81. The van der Waals surface area contributed by atoms with Crippen LogP contribution in [0.3, 0.4) is 0 Å². The lowest BCUT2D eigenvalue weighted by atomic mass is 10.1. The lowest BCUT2D eigenvalue weighted by Crippen LogP contribution is -2.45. The predicted molar refractivity (Wildman–Crippen MR) is 160 cm³/mol. The molecule has 0 unspecified atom stereocenters. The second-order valence-corrected chi connectivity index (χ2v) is 11.4. The molecule has 13 nitrogen and oxygen atoms in total. The highest BCUT2D eigenvalue weighted by molar-refractivity contribution is 7.92. The predicted octanol–water partition coefficient (Wildman–Crippen LogP) is 1.74. The minimum absolute atomic E-state index is 0.0000929. The third-order valence-electron chi connectivity index (χ3n) is 6.62. The Bertz CT molecular complexity index is 1480. The average molecular weight is 600 g/mol. The number of methoxy groups -OCH3 is 1. The van der Waals surface area contributed by atoms with E-state index >= 15 is 0 Å². The maximum absolute atomic E-state index is 12.4. The number of carbonyl (C=O) groups is 2. The Labute approximate surface area is 246 Å². The Morgan fingerprint density at radius 2 is 1.98 bits per heavy atom. The molecule has 1 aliphatic rings. The van der Waals surface area contributed by atoms with Crippen molar-refractivity contribution in [3.8, 4) is 17.6 Å². The minimum Gasteiger partial charge on any atom is -0.497 e. The Hall–Kier alpha value is -4.19. The van der Waals surface area contributed by atoms with E-state index in [2.05, 4.69) is 44.3 Å². The highest BCUT2D eigenvalue weighted by Gasteiger charge is 2.25. The summed E-state index contributed by atoms with van der Waals surface area (Å²) in [5.74, 6) is 5.79. The van der Waals surface area contributed by atoms with Crippen LogP contribution in [-0.2, 0) is 26.0 Å². The van der Waals surface area contributed by atoms with Gasteiger partial charge in [-0.25, -0.2) is 18.4 Å². The Morgan fingerprint density at radius 3 is 2.60 bits per heavy atom. The molecule has 2 heterocycles. The van der Waals surface area contributed by atoms with E-state index in [9.17, 15) is 18.0 Å². The smallest absolute Gasteiger partial charge is 0.271 e. The number of aryl methyl sites for hydroxylation is 1. The first kappa shape index (κ1) is 32.3. The molecule has 1 saturated heterocycles. The highest BCUT2D eigenvalue weighted by atomic mass is 32.2. The van der Waals surface area contributed by atoms with Gasteiger partial charge in [-0.05, 0) is 38.3 Å². The number of hydrogen-bond acceptors (Lipinski definition) is 10. The number of hydrogen-bond donors (Lipinski definition) is 4. The first-order chi connectivity index (χ1) is 20.0. The Morgan fingerprint density at radius 1 is 1.26 bits per heavy atom. The highest BCUT2D eigenvalue weighted by Crippen LogP contribution is 2.27. The largest absolute Gasteiger partial charge is 0.497 e. The quantitative estimate of drug-likeness (QED) is 0.263. The van der Waals surface area contributed by atoms with Gasteiger partial charge in [0.2, 0.25) is 15.9 Å². The molecule has 1 fully saturated rings. The number of nitrogens with one attached hydrogen (secondary N) is 3. The number of nitrogens with two attached hydrogens (primary N) is 1. The van der Waals surface area contributed by atoms with Crippen molar-refractivity contribution < 1.29 is 27.5 Å². The number of sulfonamides is 1. The number of carbonyl (C=O) groups excluding carboxylic acids is 2. The summed E-state index contributed by atoms with van der Waals surface area (Å²) >= 11 is 0. The van der Waals surface area contributed by atoms with Crippen LogP contribution in [0.25, 0.3) is 0 Å². The lowest BCUT2D eigenvalue weighted by Gasteiger charge is -2.25. The van der Waals surface area contributed by atoms with Gasteiger partial charge in [0.25, 0.3) is 5.91 Å². The number of primary amides is 1. The molecule has 14 heteroatoms. The molecule has 2 aromatic rings. The molecule has 2 amide bonds. The molecule has 0 bridgehead atoms. The van der Waals surface area contributed by atoms with E-state index in [0.29, 0.717) is 48.1 Å². The number of nitrogens with zero attached hydrogens (tertiary/aromatic N) is 3. The van der Waals surface area contributed by atoms with Crippen LogP contribution >= 0.6 is 0 Å². The van der Waals surface area contributed by atoms with E-state index in [1.165, 1.54) is 21.1 Å². The van der Waals surface area contributed by atoms with Gasteiger partial charge >= 0.3 is 0 Å². The molecule has 1 aromatic carbocycles. The van der Waals surface area contributed by atoms with Crippen molar-refractivity contribution in [1.82, 2.24) is 19.6 Å². The molecular formula is C28H37N7O6S. The number of rotatable bonds is 12. The molecular weight excluding hydrogens is 562 g/mol. The van der Waals surface area contributed by atoms with E-state index < -0.39 is 27.9 Å². The SMILES string of the molecule is C=CS(=O)(=O)N(C)[C@@H](C)C(=O)NCC#Cc1cc(Nc2nc(NC3CCOCC3)c(CC)nc2C(N)=O)cc(OC)c1. The molecule has 226 valence electrons. The van der Waals surface area contributed by atoms with Gasteiger partial charge < -0.3 is 31.2 Å². The topological polar surface area (TPSA) is 178 Å². The van der Waals surface area contributed by atoms with E-state index in [1.807, 2.05) is 6.92 Å². The summed E-state index contributed by atoms with van der Waals surface area (Å²) in [6, 6.07) is 4.34. The second-order valence-electron chi connectivity index (χ2n) is 9.46. The third-order valence-corrected chi connectivity index (χ3v) is 8.16. The zero-order chi connectivity index (χ0) is 30.9. The molecule has 0 saturated carbocycles. The van der Waals surface area contributed by atoms with Crippen LogP contribution in [-0.4, -0.2) is 80.5 Å². The van der Waals surface area contributed by atoms with E-state index in [-0.39, 0.29) is 24.1 Å². The van der Waals surface area contributed by atoms with Crippen molar-refractivity contribution in [2.75, 3.05) is 44.5 Å². The van der Waals surface area contributed by atoms with Crippen LogP contribution in [0.15, 0.2) is 30.2 Å². The van der Waals surface area contributed by atoms with Crippen molar-refractivity contribution in [1.29, 1.82) is 0 Å². The Kier molecular flexibility index (Phi) is 11.3. The van der Waals surface area contributed by atoms with E-state index in [1.54, 1.807) is 18.2 Å². The zero-order valence-corrected chi connectivity index (χ0v) is 25.0. The number of benzene rings is 1. The molecule has 1 aromatic heterocycles. The first-order valence-electron chi connectivity index (χ1n) is 13.4. The monoisotopic (exact) mass is 599 g/mol. The first-order valence-corrected chi connectivity index (χ1v) is 14.9. The summed E-state index contributed by atoms with van der Waals surface area (Å²) < 4.78 is 35.6. The summed E-state index contributed by atoms with van der Waals surface area (Å²) in [5.41, 5.74) is 7.34. The van der Waals surface area contributed by atoms with E-state index in [4.69, 9.17) is 15.2 Å². The zero-order valence-electron chi connectivity index (χ0n) is 24.2. The number of ether oxygens (including phenoxy) is 2. The molecule has 3 rings (SSSR count). The van der Waals surface area contributed by atoms with Crippen LogP contribution in [0.5, 0.6) is 5.75 Å². The molecule has 1 aliphatic heterocycles. The van der Waals surface area contributed by atoms with Crippen molar-refractivity contribution in [2.24, 2.45) is 5.73 Å². The van der Waals surface area contributed by atoms with Gasteiger partial charge in [-0.2, -0.15) is 4.31 Å². The van der Waals surface area contributed by atoms with Gasteiger partial charge in [-0.1, -0.05) is 25.3 Å². The van der Waals surface area contributed by atoms with Gasteiger partial charge in [0.1, 0.15) is 11.8 Å². The molecule has 1 atom stereocenters. The van der Waals surface area contributed by atoms with Gasteiger partial charge in [0, 0.05) is 49.0 Å². The van der Waals surface area contributed by atoms with E-state index in [0.717, 1.165) is 22.6 Å². The summed E-state index contributed by atoms with van der Waals surface area (Å²) in [6.45, 7) is 7.94. The maximum Gasteiger partial charge on any atom is 0.271 e. The fraction of sp³-hybridized carbons (Fsp3) is 0.429. The minimum atomic E-state index is -3.75. The van der Waals surface area contributed by atoms with Gasteiger partial charge in [0.15, 0.2) is 17.3 Å². The van der Waals surface area contributed by atoms with Crippen LogP contribution < -0.4 is 26.4 Å². The standard InChI is InChI=1S/C28H37N7O6S/c1-6-23-26(31-20-10-13-41-14-11-20)34-27(24(33-23)25(29)36)32-21-15-19(16-22(17-21)40-5)9-8-12-30-28(37)18(3)35(4)42(38,39)7-2/h7,15-18,20H,2,6,10-14H2,1,3-5H3,(H2,29,36)(H,30,37)(H2,31,32,34)/t18-/m0/s1. The fourth-order valence-electron chi connectivity index (χ4n) is 4.05. The lowest BCUT2D eigenvalue weighted by molar-refractivity contribution is -0.123. The second kappa shape index (κ2) is 14.6. The molecule has 42 heavy (non-hydrogen) atoms. The van der Waals surface area contributed by atoms with Gasteiger partial charge in [-0.3, -0.25) is 9.59 Å². The molecule has 5 N–H and O–H groups in total. The number of amides is 2. The van der Waals surface area contributed by atoms with Crippen molar-refractivity contribution in [3.63, 3.8) is 0 Å². The summed E-state index contributed by atoms with van der Waals surface area (Å²) in [4.78, 5) is 33.9. The number of aromatic nitrogens is 2. The molecule has 0 radical (unpaired) electrons. The maximum atomic E-state index is 12.4. The van der Waals surface area contributed by atoms with Crippen LogP contribution in [0, 0.1) is 11.8 Å². The van der Waals surface area contributed by atoms with Gasteiger partial charge in [0.05, 0.1) is 19.3 Å².